The van der Waals surface area contributed by atoms with Crippen LogP contribution in [-0.2, 0) is 9.47 Å². The first-order valence-electron chi connectivity index (χ1n) is 11.6. The lowest BCUT2D eigenvalue weighted by Crippen LogP contribution is -2.44. The van der Waals surface area contributed by atoms with Gasteiger partial charge in [-0.15, -0.1) is 0 Å². The summed E-state index contributed by atoms with van der Waals surface area (Å²) in [5, 5.41) is 5.74. The van der Waals surface area contributed by atoms with Gasteiger partial charge in [-0.05, 0) is 44.0 Å². The van der Waals surface area contributed by atoms with Gasteiger partial charge in [-0.2, -0.15) is 0 Å². The maximum absolute atomic E-state index is 13.1. The van der Waals surface area contributed by atoms with Gasteiger partial charge < -0.3 is 29.9 Å². The molecule has 0 bridgehead atoms. The largest absolute Gasteiger partial charge is 0.383 e. The van der Waals surface area contributed by atoms with Gasteiger partial charge in [0.05, 0.1) is 25.9 Å². The quantitative estimate of drug-likeness (QED) is 0.612. The third-order valence-electron chi connectivity index (χ3n) is 5.88. The van der Waals surface area contributed by atoms with E-state index in [4.69, 9.17) is 14.5 Å². The molecule has 1 saturated carbocycles. The van der Waals surface area contributed by atoms with Gasteiger partial charge in [0.15, 0.2) is 5.82 Å². The van der Waals surface area contributed by atoms with E-state index in [1.54, 1.807) is 37.3 Å². The highest BCUT2D eigenvalue weighted by Crippen LogP contribution is 2.25. The number of methoxy groups -OCH3 is 1. The molecule has 2 heterocycles. The maximum Gasteiger partial charge on any atom is 0.319 e. The van der Waals surface area contributed by atoms with E-state index in [2.05, 4.69) is 27.4 Å². The number of anilines is 2. The Morgan fingerprint density at radius 3 is 2.68 bits per heavy atom. The van der Waals surface area contributed by atoms with Crippen LogP contribution in [0.25, 0.3) is 11.4 Å². The summed E-state index contributed by atoms with van der Waals surface area (Å²) in [5.74, 6) is 0.946. The molecule has 2 fully saturated rings. The molecule has 2 N–H and O–H groups in total. The number of amides is 3. The number of urea groups is 1. The van der Waals surface area contributed by atoms with Crippen molar-refractivity contribution in [2.75, 3.05) is 57.3 Å². The molecular weight excluding hydrogens is 436 g/mol. The highest BCUT2D eigenvalue weighted by atomic mass is 16.5. The summed E-state index contributed by atoms with van der Waals surface area (Å²) in [6.07, 6.45) is 2.06. The maximum atomic E-state index is 13.1. The van der Waals surface area contributed by atoms with Gasteiger partial charge >= 0.3 is 6.03 Å². The average Bonchev–Trinajstić information content (AvgIpc) is 3.66. The Balaban J connectivity index is 1.60. The molecule has 10 nitrogen and oxygen atoms in total. The molecule has 3 amide bonds. The van der Waals surface area contributed by atoms with Crippen LogP contribution in [0.15, 0.2) is 30.3 Å². The first kappa shape index (κ1) is 23.9. The highest BCUT2D eigenvalue weighted by Gasteiger charge is 2.25. The van der Waals surface area contributed by atoms with Crippen LogP contribution in [0.1, 0.15) is 30.3 Å². The number of likely N-dealkylation sites (N-methyl/N-ethyl adjacent to an activating group) is 1. The third-order valence-corrected chi connectivity index (χ3v) is 5.88. The van der Waals surface area contributed by atoms with Crippen molar-refractivity contribution in [3.63, 3.8) is 0 Å². The molecule has 4 rings (SSSR count). The predicted molar refractivity (Wildman–Crippen MR) is 129 cm³/mol. The minimum absolute atomic E-state index is 0.127. The fourth-order valence-corrected chi connectivity index (χ4v) is 3.70. The van der Waals surface area contributed by atoms with E-state index >= 15 is 0 Å². The van der Waals surface area contributed by atoms with Crippen LogP contribution in [0.4, 0.5) is 16.3 Å². The van der Waals surface area contributed by atoms with Gasteiger partial charge in [0, 0.05) is 50.6 Å². The zero-order valence-corrected chi connectivity index (χ0v) is 19.9. The molecule has 0 unspecified atom stereocenters. The predicted octanol–water partition coefficient (Wildman–Crippen LogP) is 2.37. The minimum atomic E-state index is -0.207. The topological polar surface area (TPSA) is 109 Å². The van der Waals surface area contributed by atoms with E-state index in [9.17, 15) is 9.59 Å². The fraction of sp³-hybridized carbons (Fsp3) is 0.500. The number of hydrogen-bond acceptors (Lipinski definition) is 7. The first-order chi connectivity index (χ1) is 16.4. The monoisotopic (exact) mass is 468 g/mol. The Bertz CT molecular complexity index is 1010. The van der Waals surface area contributed by atoms with E-state index in [0.717, 1.165) is 18.4 Å². The Kier molecular flexibility index (Phi) is 7.59. The number of morpholine rings is 1. The summed E-state index contributed by atoms with van der Waals surface area (Å²) >= 11 is 0. The molecule has 1 aromatic carbocycles. The molecule has 1 saturated heterocycles. The number of rotatable bonds is 8. The van der Waals surface area contributed by atoms with Crippen LogP contribution in [0.2, 0.25) is 0 Å². The van der Waals surface area contributed by atoms with Gasteiger partial charge in [0.25, 0.3) is 5.91 Å². The number of carbonyl (C=O) groups excluding carboxylic acids is 2. The van der Waals surface area contributed by atoms with Gasteiger partial charge in [-0.1, -0.05) is 0 Å². The number of hydrogen-bond donors (Lipinski definition) is 2. The molecule has 1 aliphatic heterocycles. The molecule has 1 aromatic heterocycles. The van der Waals surface area contributed by atoms with Crippen molar-refractivity contribution in [1.82, 2.24) is 20.2 Å². The molecule has 2 aromatic rings. The third kappa shape index (κ3) is 6.00. The summed E-state index contributed by atoms with van der Waals surface area (Å²) in [6, 6.07) is 9.26. The van der Waals surface area contributed by atoms with E-state index in [0.29, 0.717) is 55.9 Å². The van der Waals surface area contributed by atoms with Gasteiger partial charge in [-0.3, -0.25) is 4.79 Å². The van der Waals surface area contributed by atoms with Crippen molar-refractivity contribution in [2.45, 2.75) is 31.8 Å². The standard InChI is InChI=1S/C24H32N6O4/c1-16-15-34-13-11-30(16)21-14-20(23(31)29(2)10-12-33-3)27-22(28-21)17-4-6-18(7-5-17)25-24(32)26-19-8-9-19/h4-7,14,16,19H,8-13,15H2,1-3H3,(H2,25,26,32)/t16-/m0/s1. The lowest BCUT2D eigenvalue weighted by molar-refractivity contribution is 0.0738. The molecule has 34 heavy (non-hydrogen) atoms. The Morgan fingerprint density at radius 1 is 1.24 bits per heavy atom. The summed E-state index contributed by atoms with van der Waals surface area (Å²) in [6.45, 7) is 4.85. The van der Waals surface area contributed by atoms with Crippen molar-refractivity contribution in [1.29, 1.82) is 0 Å². The second kappa shape index (κ2) is 10.8. The number of carbonyl (C=O) groups is 2. The summed E-state index contributed by atoms with van der Waals surface area (Å²) in [4.78, 5) is 38.2. The normalized spacial score (nSPS) is 17.9. The van der Waals surface area contributed by atoms with E-state index in [1.807, 2.05) is 12.1 Å². The highest BCUT2D eigenvalue weighted by molar-refractivity contribution is 5.93. The van der Waals surface area contributed by atoms with Crippen LogP contribution in [0.3, 0.4) is 0 Å². The Morgan fingerprint density at radius 2 is 2.00 bits per heavy atom. The minimum Gasteiger partial charge on any atom is -0.383 e. The zero-order valence-electron chi connectivity index (χ0n) is 19.9. The zero-order chi connectivity index (χ0) is 24.1. The van der Waals surface area contributed by atoms with E-state index < -0.39 is 0 Å². The van der Waals surface area contributed by atoms with Gasteiger partial charge in [0.1, 0.15) is 11.5 Å². The Labute approximate surface area is 199 Å². The van der Waals surface area contributed by atoms with Crippen molar-refractivity contribution in [3.8, 4) is 11.4 Å². The number of nitrogens with zero attached hydrogens (tertiary/aromatic N) is 4. The van der Waals surface area contributed by atoms with E-state index in [-0.39, 0.29) is 24.0 Å². The Hall–Kier alpha value is -3.24. The van der Waals surface area contributed by atoms with E-state index in [1.165, 1.54) is 0 Å². The smallest absolute Gasteiger partial charge is 0.319 e. The van der Waals surface area contributed by atoms with Crippen LogP contribution in [0, 0.1) is 0 Å². The fourth-order valence-electron chi connectivity index (χ4n) is 3.70. The van der Waals surface area contributed by atoms with Crippen LogP contribution < -0.4 is 15.5 Å². The summed E-state index contributed by atoms with van der Waals surface area (Å²) in [7, 11) is 3.33. The lowest BCUT2D eigenvalue weighted by atomic mass is 10.1. The van der Waals surface area contributed by atoms with Crippen molar-refractivity contribution in [2.24, 2.45) is 0 Å². The molecule has 1 aliphatic carbocycles. The van der Waals surface area contributed by atoms with Gasteiger partial charge in [0.2, 0.25) is 0 Å². The van der Waals surface area contributed by atoms with Crippen molar-refractivity contribution >= 4 is 23.4 Å². The lowest BCUT2D eigenvalue weighted by Gasteiger charge is -2.34. The molecule has 10 heteroatoms. The van der Waals surface area contributed by atoms with Crippen LogP contribution in [-0.4, -0.2) is 86.0 Å². The number of nitrogens with one attached hydrogen (secondary N) is 2. The molecule has 1 atom stereocenters. The average molecular weight is 469 g/mol. The summed E-state index contributed by atoms with van der Waals surface area (Å²) < 4.78 is 10.7. The molecule has 0 radical (unpaired) electrons. The van der Waals surface area contributed by atoms with Crippen LogP contribution in [0.5, 0.6) is 0 Å². The van der Waals surface area contributed by atoms with Crippen molar-refractivity contribution < 1.29 is 19.1 Å². The molecule has 182 valence electrons. The number of ether oxygens (including phenoxy) is 2. The SMILES string of the molecule is COCCN(C)C(=O)c1cc(N2CCOC[C@@H]2C)nc(-c2ccc(NC(=O)NC3CC3)cc2)n1. The van der Waals surface area contributed by atoms with Crippen molar-refractivity contribution in [3.05, 3.63) is 36.0 Å². The summed E-state index contributed by atoms with van der Waals surface area (Å²) in [5.41, 5.74) is 1.75. The molecule has 0 spiro atoms. The van der Waals surface area contributed by atoms with Crippen LogP contribution >= 0.6 is 0 Å². The molecule has 2 aliphatic rings. The first-order valence-corrected chi connectivity index (χ1v) is 11.6. The molecular formula is C24H32N6O4. The second-order valence-corrected chi connectivity index (χ2v) is 8.72. The second-order valence-electron chi connectivity index (χ2n) is 8.72. The number of benzene rings is 1. The van der Waals surface area contributed by atoms with Gasteiger partial charge in [-0.25, -0.2) is 14.8 Å². The number of aromatic nitrogens is 2.